The maximum absolute atomic E-state index is 10.1. The summed E-state index contributed by atoms with van der Waals surface area (Å²) in [5.41, 5.74) is 16.4. The third-order valence-electron chi connectivity index (χ3n) is 17.4. The van der Waals surface area contributed by atoms with E-state index in [-0.39, 0.29) is 0 Å². The van der Waals surface area contributed by atoms with E-state index in [0.717, 1.165) is 77.0 Å². The molecule has 0 saturated heterocycles. The van der Waals surface area contributed by atoms with Gasteiger partial charge < -0.3 is 9.13 Å². The van der Waals surface area contributed by atoms with Crippen LogP contribution in [0.15, 0.2) is 243 Å². The van der Waals surface area contributed by atoms with Crippen LogP contribution in [0, 0.1) is 73.4 Å². The highest BCUT2D eigenvalue weighted by molar-refractivity contribution is 6.14. The Hall–Kier alpha value is -15.3. The van der Waals surface area contributed by atoms with Gasteiger partial charge in [-0.2, -0.15) is 15.8 Å². The molecular formula is C84H40N14. The van der Waals surface area contributed by atoms with E-state index in [2.05, 4.69) is 68.5 Å². The lowest BCUT2D eigenvalue weighted by Gasteiger charge is -2.18. The Morgan fingerprint density at radius 1 is 0.276 bits per heavy atom. The Bertz CT molecular complexity index is 5920. The van der Waals surface area contributed by atoms with Crippen molar-refractivity contribution < 1.29 is 0 Å². The lowest BCUT2D eigenvalue weighted by Crippen LogP contribution is -2.03. The van der Waals surface area contributed by atoms with Gasteiger partial charge in [-0.25, -0.2) is 44.0 Å². The zero-order valence-electron chi connectivity index (χ0n) is 51.4. The molecule has 446 valence electrons. The van der Waals surface area contributed by atoms with Crippen molar-refractivity contribution in [2.24, 2.45) is 0 Å². The van der Waals surface area contributed by atoms with E-state index in [0.29, 0.717) is 119 Å². The quantitative estimate of drug-likeness (QED) is 0.125. The van der Waals surface area contributed by atoms with Crippen LogP contribution < -0.4 is 0 Å². The van der Waals surface area contributed by atoms with Crippen LogP contribution in [-0.4, -0.2) is 24.1 Å². The van der Waals surface area contributed by atoms with Gasteiger partial charge in [0.15, 0.2) is 45.9 Å². The largest absolute Gasteiger partial charge is 0.319 e. The molecule has 0 aliphatic carbocycles. The Labute approximate surface area is 561 Å². The average Bonchev–Trinajstić information content (AvgIpc) is 1.57. The van der Waals surface area contributed by atoms with Crippen molar-refractivity contribution >= 4 is 77.7 Å². The van der Waals surface area contributed by atoms with E-state index in [1.165, 1.54) is 0 Å². The van der Waals surface area contributed by atoms with E-state index in [1.54, 1.807) is 72.8 Å². The maximum atomic E-state index is 10.1. The molecule has 0 unspecified atom stereocenters. The summed E-state index contributed by atoms with van der Waals surface area (Å²) in [6, 6.07) is 82.3. The molecule has 0 atom stereocenters. The third kappa shape index (κ3) is 10.4. The van der Waals surface area contributed by atoms with E-state index in [1.807, 2.05) is 158 Å². The molecule has 15 rings (SSSR count). The Kier molecular flexibility index (Phi) is 14.7. The van der Waals surface area contributed by atoms with Crippen LogP contribution >= 0.6 is 0 Å². The standard InChI is InChI=1S/C84H40N14/c1-88-63-33-50(47-85)30-59(36-63)55-20-26-76-71(41-55)72-42-56(60-31-51(48-86)34-64(37-60)89-2)21-27-77(72)97(76)68-24-25-69(75(46-68)84-95-82(53-14-9-7-10-15-53)94-83(96-84)54-16-11-8-12-17-54)70-18-13-19-80(81(70)93-6)98-78-28-22-57(61-32-52(49-87)35-65(38-61)90-3)43-73(78)74-44-58(23-29-79(74)98)62-39-66(91-4)45-67(40-62)92-5/h7-46H. The fourth-order valence-corrected chi connectivity index (χ4v) is 13.0. The van der Waals surface area contributed by atoms with Crippen LogP contribution in [0.4, 0.5) is 34.1 Å². The SMILES string of the molecule is [C-]#[N+]c1cc(C#N)cc(-c2ccc3c(c2)c2cc(-c4cc(C#N)cc([N+]#[C-])c4)ccc2n3-c2ccc(-c3cccc(-n4c5ccc(-c6cc(C#N)cc([N+]#[C-])c6)cc5c5cc(-c6cc([N+]#[C-])cc([N+]#[C-])c6)ccc54)c3[N+]#[C-])c(-c3nc(-c4ccccc4)nc(-c4ccccc4)n3)c2)c1. The van der Waals surface area contributed by atoms with Crippen LogP contribution in [-0.2, 0) is 0 Å². The van der Waals surface area contributed by atoms with Crippen molar-refractivity contribution in [3.63, 3.8) is 0 Å². The van der Waals surface area contributed by atoms with Crippen molar-refractivity contribution in [1.29, 1.82) is 15.8 Å². The van der Waals surface area contributed by atoms with Crippen molar-refractivity contribution in [2.45, 2.75) is 0 Å². The molecule has 3 heterocycles. The zero-order chi connectivity index (χ0) is 67.1. The number of rotatable bonds is 10. The zero-order valence-corrected chi connectivity index (χ0v) is 51.4. The summed E-state index contributed by atoms with van der Waals surface area (Å²) >= 11 is 0. The van der Waals surface area contributed by atoms with Crippen molar-refractivity contribution in [1.82, 2.24) is 24.1 Å². The van der Waals surface area contributed by atoms with Crippen LogP contribution in [0.5, 0.6) is 0 Å². The molecule has 0 aliphatic rings. The van der Waals surface area contributed by atoms with Gasteiger partial charge in [0.2, 0.25) is 5.69 Å². The number of hydrogen-bond acceptors (Lipinski definition) is 6. The molecular weight excluding hydrogens is 1210 g/mol. The van der Waals surface area contributed by atoms with E-state index < -0.39 is 0 Å². The summed E-state index contributed by atoms with van der Waals surface area (Å²) in [6.07, 6.45) is 0. The first kappa shape index (κ1) is 59.0. The maximum Gasteiger partial charge on any atom is 0.218 e. The van der Waals surface area contributed by atoms with Gasteiger partial charge in [0.05, 0.1) is 85.4 Å². The molecule has 0 amide bonds. The number of nitrogens with zero attached hydrogens (tertiary/aromatic N) is 14. The summed E-state index contributed by atoms with van der Waals surface area (Å²) < 4.78 is 4.23. The average molecular weight is 1250 g/mol. The third-order valence-corrected chi connectivity index (χ3v) is 17.4. The lowest BCUT2D eigenvalue weighted by molar-refractivity contribution is 1.07. The Balaban J connectivity index is 0.995. The molecule has 3 aromatic heterocycles. The molecule has 12 aromatic carbocycles. The molecule has 0 saturated carbocycles. The smallest absolute Gasteiger partial charge is 0.218 e. The van der Waals surface area contributed by atoms with Gasteiger partial charge in [-0.3, -0.25) is 0 Å². The van der Waals surface area contributed by atoms with Gasteiger partial charge >= 0.3 is 0 Å². The minimum absolute atomic E-state index is 0.310. The molecule has 0 bridgehead atoms. The van der Waals surface area contributed by atoms with Gasteiger partial charge in [0.1, 0.15) is 0 Å². The van der Waals surface area contributed by atoms with Crippen molar-refractivity contribution in [3.8, 4) is 119 Å². The molecule has 15 aromatic rings. The Morgan fingerprint density at radius 2 is 0.653 bits per heavy atom. The van der Waals surface area contributed by atoms with Gasteiger partial charge in [-0.15, -0.1) is 0 Å². The highest BCUT2D eigenvalue weighted by atomic mass is 15.0. The summed E-state index contributed by atoms with van der Waals surface area (Å²) in [5.74, 6) is 1.17. The van der Waals surface area contributed by atoms with Gasteiger partial charge in [0, 0.05) is 60.6 Å². The lowest BCUT2D eigenvalue weighted by atomic mass is 9.95. The van der Waals surface area contributed by atoms with Crippen LogP contribution in [0.25, 0.3) is 174 Å². The minimum Gasteiger partial charge on any atom is -0.319 e. The molecule has 14 nitrogen and oxygen atoms in total. The molecule has 0 N–H and O–H groups in total. The van der Waals surface area contributed by atoms with Crippen LogP contribution in [0.3, 0.4) is 0 Å². The number of benzene rings is 12. The number of hydrogen-bond donors (Lipinski definition) is 0. The second-order valence-corrected chi connectivity index (χ2v) is 23.1. The van der Waals surface area contributed by atoms with E-state index in [4.69, 9.17) is 47.8 Å². The van der Waals surface area contributed by atoms with Gasteiger partial charge in [-0.1, -0.05) is 121 Å². The second kappa shape index (κ2) is 24.4. The first-order valence-electron chi connectivity index (χ1n) is 30.5. The van der Waals surface area contributed by atoms with Gasteiger partial charge in [-0.05, 0) is 177 Å². The Morgan fingerprint density at radius 3 is 1.04 bits per heavy atom. The van der Waals surface area contributed by atoms with Gasteiger partial charge in [0.25, 0.3) is 0 Å². The molecule has 98 heavy (non-hydrogen) atoms. The normalized spacial score (nSPS) is 10.8. The summed E-state index contributed by atoms with van der Waals surface area (Å²) in [5, 5.41) is 33.5. The summed E-state index contributed by atoms with van der Waals surface area (Å²) in [4.78, 5) is 38.6. The first-order valence-corrected chi connectivity index (χ1v) is 30.5. The molecule has 0 spiro atoms. The highest BCUT2D eigenvalue weighted by Crippen LogP contribution is 2.47. The first-order chi connectivity index (χ1) is 48.1. The topological polar surface area (TPSA) is 146 Å². The van der Waals surface area contributed by atoms with Crippen LogP contribution in [0.2, 0.25) is 0 Å². The molecule has 0 radical (unpaired) electrons. The van der Waals surface area contributed by atoms with Crippen molar-refractivity contribution in [2.75, 3.05) is 0 Å². The molecule has 14 heteroatoms. The number of aromatic nitrogens is 5. The van der Waals surface area contributed by atoms with Crippen LogP contribution in [0.1, 0.15) is 16.7 Å². The summed E-state index contributed by atoms with van der Waals surface area (Å²) in [7, 11) is 0. The summed E-state index contributed by atoms with van der Waals surface area (Å²) in [6.45, 7) is 48.7. The second-order valence-electron chi connectivity index (χ2n) is 23.1. The molecule has 0 aliphatic heterocycles. The fraction of sp³-hybridized carbons (Fsp3) is 0. The number of fused-ring (bicyclic) bond motifs is 6. The van der Waals surface area contributed by atoms with E-state index >= 15 is 0 Å². The fourth-order valence-electron chi connectivity index (χ4n) is 13.0. The predicted molar refractivity (Wildman–Crippen MR) is 384 cm³/mol. The van der Waals surface area contributed by atoms with E-state index in [9.17, 15) is 22.4 Å². The monoisotopic (exact) mass is 1240 g/mol. The predicted octanol–water partition coefficient (Wildman–Crippen LogP) is 22.3. The number of nitriles is 3. The highest BCUT2D eigenvalue weighted by Gasteiger charge is 2.25. The number of para-hydroxylation sites is 1. The molecule has 0 fully saturated rings. The minimum atomic E-state index is 0.310. The van der Waals surface area contributed by atoms with Crippen molar-refractivity contribution in [3.05, 3.63) is 328 Å².